The van der Waals surface area contributed by atoms with Gasteiger partial charge >= 0.3 is 0 Å². The molecule has 0 amide bonds. The van der Waals surface area contributed by atoms with Gasteiger partial charge in [0.15, 0.2) is 11.5 Å². The van der Waals surface area contributed by atoms with E-state index in [2.05, 4.69) is 31.2 Å². The number of hydrogen-bond acceptors (Lipinski definition) is 4. The summed E-state index contributed by atoms with van der Waals surface area (Å²) < 4.78 is 26.0. The summed E-state index contributed by atoms with van der Waals surface area (Å²) in [6.07, 6.45) is 1.85. The highest BCUT2D eigenvalue weighted by atomic mass is 79.9. The molecular formula is C26H26BrClFN3O2. The molecule has 0 aliphatic heterocycles. The van der Waals surface area contributed by atoms with Crippen LogP contribution in [0.15, 0.2) is 59.1 Å². The summed E-state index contributed by atoms with van der Waals surface area (Å²) in [6.45, 7) is 4.20. The van der Waals surface area contributed by atoms with E-state index in [-0.39, 0.29) is 12.4 Å². The number of aromatic nitrogens is 2. The number of rotatable bonds is 11. The first-order chi connectivity index (χ1) is 16.5. The highest BCUT2D eigenvalue weighted by molar-refractivity contribution is 9.10. The predicted octanol–water partition coefficient (Wildman–Crippen LogP) is 6.82. The lowest BCUT2D eigenvalue weighted by atomic mass is 10.2. The number of aromatic amines is 1. The van der Waals surface area contributed by atoms with Crippen molar-refractivity contribution in [2.45, 2.75) is 32.9 Å². The van der Waals surface area contributed by atoms with Crippen LogP contribution in [0, 0.1) is 5.82 Å². The number of halogens is 3. The van der Waals surface area contributed by atoms with Gasteiger partial charge in [-0.25, -0.2) is 9.37 Å². The molecule has 5 nitrogen and oxygen atoms in total. The van der Waals surface area contributed by atoms with E-state index in [1.807, 2.05) is 43.3 Å². The summed E-state index contributed by atoms with van der Waals surface area (Å²) in [6, 6.07) is 16.2. The maximum Gasteiger partial charge on any atom is 0.162 e. The van der Waals surface area contributed by atoms with Crippen LogP contribution in [0.3, 0.4) is 0 Å². The van der Waals surface area contributed by atoms with Gasteiger partial charge in [0, 0.05) is 23.0 Å². The molecule has 34 heavy (non-hydrogen) atoms. The number of ether oxygens (including phenoxy) is 2. The summed E-state index contributed by atoms with van der Waals surface area (Å²) in [4.78, 5) is 7.99. The molecule has 2 N–H and O–H groups in total. The molecule has 0 aliphatic rings. The molecule has 0 fully saturated rings. The van der Waals surface area contributed by atoms with Crippen molar-refractivity contribution in [3.63, 3.8) is 0 Å². The molecule has 1 aromatic heterocycles. The second-order valence-electron chi connectivity index (χ2n) is 7.83. The zero-order valence-electron chi connectivity index (χ0n) is 18.8. The Morgan fingerprint density at radius 1 is 1.06 bits per heavy atom. The van der Waals surface area contributed by atoms with E-state index in [1.54, 1.807) is 6.07 Å². The largest absolute Gasteiger partial charge is 0.490 e. The first-order valence-corrected chi connectivity index (χ1v) is 12.4. The second-order valence-corrected chi connectivity index (χ2v) is 9.09. The number of hydrogen-bond donors (Lipinski definition) is 2. The van der Waals surface area contributed by atoms with Crippen LogP contribution < -0.4 is 14.8 Å². The molecule has 8 heteroatoms. The SMILES string of the molecule is CCOc1cc(CNCCCc2nc3ccccc3[nH]2)c(Br)cc1OCc1ccc(F)cc1Cl. The first-order valence-electron chi connectivity index (χ1n) is 11.2. The lowest BCUT2D eigenvalue weighted by molar-refractivity contribution is 0.269. The molecule has 0 atom stereocenters. The van der Waals surface area contributed by atoms with Crippen molar-refractivity contribution >= 4 is 38.6 Å². The number of nitrogens with zero attached hydrogens (tertiary/aromatic N) is 1. The van der Waals surface area contributed by atoms with Crippen molar-refractivity contribution < 1.29 is 13.9 Å². The molecule has 0 unspecified atom stereocenters. The average Bonchev–Trinajstić information content (AvgIpc) is 3.23. The molecule has 3 aromatic carbocycles. The van der Waals surface area contributed by atoms with E-state index in [9.17, 15) is 4.39 Å². The summed E-state index contributed by atoms with van der Waals surface area (Å²) >= 11 is 9.76. The highest BCUT2D eigenvalue weighted by Crippen LogP contribution is 2.35. The summed E-state index contributed by atoms with van der Waals surface area (Å²) in [7, 11) is 0. The number of imidazole rings is 1. The molecule has 0 spiro atoms. The van der Waals surface area contributed by atoms with Gasteiger partial charge in [0.25, 0.3) is 0 Å². The Morgan fingerprint density at radius 2 is 1.88 bits per heavy atom. The zero-order chi connectivity index (χ0) is 23.9. The van der Waals surface area contributed by atoms with E-state index in [0.717, 1.165) is 46.3 Å². The van der Waals surface area contributed by atoms with Gasteiger partial charge in [-0.2, -0.15) is 0 Å². The fourth-order valence-corrected chi connectivity index (χ4v) is 4.30. The smallest absolute Gasteiger partial charge is 0.162 e. The van der Waals surface area contributed by atoms with Gasteiger partial charge in [0.1, 0.15) is 18.2 Å². The molecule has 0 radical (unpaired) electrons. The molecule has 4 rings (SSSR count). The normalized spacial score (nSPS) is 11.2. The second kappa shape index (κ2) is 11.7. The van der Waals surface area contributed by atoms with Gasteiger partial charge in [0.05, 0.1) is 22.7 Å². The van der Waals surface area contributed by atoms with E-state index in [0.29, 0.717) is 35.2 Å². The van der Waals surface area contributed by atoms with Crippen molar-refractivity contribution in [2.75, 3.05) is 13.2 Å². The van der Waals surface area contributed by atoms with E-state index in [4.69, 9.17) is 21.1 Å². The van der Waals surface area contributed by atoms with Crippen LogP contribution in [0.4, 0.5) is 4.39 Å². The Kier molecular flexibility index (Phi) is 8.43. The number of H-pyrrole nitrogens is 1. The fourth-order valence-electron chi connectivity index (χ4n) is 3.62. The monoisotopic (exact) mass is 545 g/mol. The van der Waals surface area contributed by atoms with Gasteiger partial charge in [-0.15, -0.1) is 0 Å². The van der Waals surface area contributed by atoms with E-state index in [1.165, 1.54) is 12.1 Å². The van der Waals surface area contributed by atoms with Gasteiger partial charge in [-0.1, -0.05) is 45.7 Å². The molecular weight excluding hydrogens is 521 g/mol. The Morgan fingerprint density at radius 3 is 2.68 bits per heavy atom. The minimum absolute atomic E-state index is 0.213. The van der Waals surface area contributed by atoms with Gasteiger partial charge in [-0.3, -0.25) is 0 Å². The Balaban J connectivity index is 1.32. The fraction of sp³-hybridized carbons (Fsp3) is 0.269. The van der Waals surface area contributed by atoms with Crippen LogP contribution in [0.2, 0.25) is 5.02 Å². The number of nitrogens with one attached hydrogen (secondary N) is 2. The summed E-state index contributed by atoms with van der Waals surface area (Å²) in [5.74, 6) is 1.89. The van der Waals surface area contributed by atoms with Crippen molar-refractivity contribution in [3.8, 4) is 11.5 Å². The number of benzene rings is 3. The maximum atomic E-state index is 13.3. The lowest BCUT2D eigenvalue weighted by Gasteiger charge is -2.16. The van der Waals surface area contributed by atoms with Crippen LogP contribution in [0.1, 0.15) is 30.3 Å². The molecule has 0 bridgehead atoms. The topological polar surface area (TPSA) is 59.2 Å². The molecule has 0 aliphatic carbocycles. The highest BCUT2D eigenvalue weighted by Gasteiger charge is 2.12. The quantitative estimate of drug-likeness (QED) is 0.203. The third-order valence-electron chi connectivity index (χ3n) is 5.33. The van der Waals surface area contributed by atoms with Crippen molar-refractivity contribution in [3.05, 3.63) is 86.9 Å². The number of para-hydroxylation sites is 2. The van der Waals surface area contributed by atoms with Gasteiger partial charge in [0.2, 0.25) is 0 Å². The van der Waals surface area contributed by atoms with E-state index >= 15 is 0 Å². The first kappa shape index (κ1) is 24.5. The van der Waals surface area contributed by atoms with Crippen molar-refractivity contribution in [2.24, 2.45) is 0 Å². The molecule has 4 aromatic rings. The van der Waals surface area contributed by atoms with Gasteiger partial charge in [-0.05, 0) is 61.9 Å². The van der Waals surface area contributed by atoms with Gasteiger partial charge < -0.3 is 19.8 Å². The molecule has 0 saturated carbocycles. The average molecular weight is 547 g/mol. The van der Waals surface area contributed by atoms with Crippen LogP contribution in [0.25, 0.3) is 11.0 Å². The Labute approximate surface area is 211 Å². The molecule has 0 saturated heterocycles. The Bertz CT molecular complexity index is 1230. The van der Waals surface area contributed by atoms with Crippen LogP contribution >= 0.6 is 27.5 Å². The minimum atomic E-state index is -0.374. The Hall–Kier alpha value is -2.61. The summed E-state index contributed by atoms with van der Waals surface area (Å²) in [5.41, 5.74) is 3.85. The number of aryl methyl sites for hydroxylation is 1. The van der Waals surface area contributed by atoms with Crippen LogP contribution in [0.5, 0.6) is 11.5 Å². The molecule has 1 heterocycles. The predicted molar refractivity (Wildman–Crippen MR) is 137 cm³/mol. The number of fused-ring (bicyclic) bond motifs is 1. The molecule has 178 valence electrons. The third kappa shape index (κ3) is 6.29. The van der Waals surface area contributed by atoms with Crippen LogP contribution in [-0.2, 0) is 19.6 Å². The summed E-state index contributed by atoms with van der Waals surface area (Å²) in [5, 5.41) is 3.82. The maximum absolute atomic E-state index is 13.3. The lowest BCUT2D eigenvalue weighted by Crippen LogP contribution is -2.16. The third-order valence-corrected chi connectivity index (χ3v) is 6.42. The van der Waals surface area contributed by atoms with Crippen molar-refractivity contribution in [1.29, 1.82) is 0 Å². The standard InChI is InChI=1S/C26H26BrClFN3O2/c1-2-33-24-12-18(15-30-11-5-8-26-31-22-6-3-4-7-23(22)32-26)20(27)14-25(24)34-16-17-9-10-19(29)13-21(17)28/h3-4,6-7,9-10,12-14,30H,2,5,8,11,15-16H2,1H3,(H,31,32). The van der Waals surface area contributed by atoms with E-state index < -0.39 is 0 Å². The van der Waals surface area contributed by atoms with Crippen LogP contribution in [-0.4, -0.2) is 23.1 Å². The van der Waals surface area contributed by atoms with Crippen molar-refractivity contribution in [1.82, 2.24) is 15.3 Å². The zero-order valence-corrected chi connectivity index (χ0v) is 21.2. The minimum Gasteiger partial charge on any atom is -0.490 e.